The molecule has 3 aromatic heterocycles. The van der Waals surface area contributed by atoms with Crippen LogP contribution >= 0.6 is 11.6 Å². The minimum atomic E-state index is -0.382. The number of fused-ring (bicyclic) bond motifs is 2. The normalized spacial score (nSPS) is 11.4. The number of amides is 1. The van der Waals surface area contributed by atoms with Crippen molar-refractivity contribution >= 4 is 45.7 Å². The van der Waals surface area contributed by atoms with Crippen LogP contribution in [0.3, 0.4) is 0 Å². The van der Waals surface area contributed by atoms with Crippen LogP contribution in [0.2, 0.25) is 5.02 Å². The fraction of sp³-hybridized carbons (Fsp3) is 0.222. The molecule has 0 aliphatic rings. The summed E-state index contributed by atoms with van der Waals surface area (Å²) in [4.78, 5) is 33.3. The SMILES string of the molecule is Cc1cc2oc(NC(=O)Cn3cnc4c(C)cn(C)c(=O)c43)nc2cc1Cl. The second-order valence-electron chi connectivity index (χ2n) is 6.43. The average Bonchev–Trinajstić information content (AvgIpc) is 3.17. The zero-order valence-electron chi connectivity index (χ0n) is 14.9. The van der Waals surface area contributed by atoms with Crippen molar-refractivity contribution in [1.29, 1.82) is 0 Å². The Bertz CT molecular complexity index is 1230. The number of aryl methyl sites for hydroxylation is 3. The largest absolute Gasteiger partial charge is 0.423 e. The fourth-order valence-corrected chi connectivity index (χ4v) is 3.17. The van der Waals surface area contributed by atoms with Gasteiger partial charge < -0.3 is 13.6 Å². The van der Waals surface area contributed by atoms with E-state index in [1.165, 1.54) is 15.5 Å². The molecule has 1 N–H and O–H groups in total. The first kappa shape index (κ1) is 17.3. The van der Waals surface area contributed by atoms with E-state index < -0.39 is 0 Å². The van der Waals surface area contributed by atoms with Gasteiger partial charge >= 0.3 is 6.01 Å². The number of imidazole rings is 1. The molecule has 0 aliphatic heterocycles. The van der Waals surface area contributed by atoms with E-state index in [1.807, 2.05) is 13.8 Å². The van der Waals surface area contributed by atoms with Crippen molar-refractivity contribution in [3.8, 4) is 0 Å². The van der Waals surface area contributed by atoms with E-state index in [4.69, 9.17) is 16.0 Å². The number of hydrogen-bond acceptors (Lipinski definition) is 5. The van der Waals surface area contributed by atoms with E-state index in [0.29, 0.717) is 27.2 Å². The van der Waals surface area contributed by atoms with Crippen molar-refractivity contribution in [2.45, 2.75) is 20.4 Å². The molecule has 3 heterocycles. The van der Waals surface area contributed by atoms with Gasteiger partial charge in [-0.1, -0.05) is 11.6 Å². The summed E-state index contributed by atoms with van der Waals surface area (Å²) in [5.74, 6) is -0.382. The predicted molar refractivity (Wildman–Crippen MR) is 102 cm³/mol. The van der Waals surface area contributed by atoms with Crippen molar-refractivity contribution in [3.63, 3.8) is 0 Å². The molecule has 27 heavy (non-hydrogen) atoms. The number of pyridine rings is 1. The van der Waals surface area contributed by atoms with E-state index in [0.717, 1.165) is 11.1 Å². The molecule has 1 amide bonds. The molecular formula is C18H16ClN5O3. The number of halogens is 1. The Balaban J connectivity index is 1.62. The minimum absolute atomic E-state index is 0.0742. The maximum Gasteiger partial charge on any atom is 0.302 e. The van der Waals surface area contributed by atoms with E-state index in [2.05, 4.69) is 15.3 Å². The molecule has 0 saturated carbocycles. The number of benzene rings is 1. The number of nitrogens with one attached hydrogen (secondary N) is 1. The van der Waals surface area contributed by atoms with Gasteiger partial charge in [-0.2, -0.15) is 4.98 Å². The lowest BCUT2D eigenvalue weighted by molar-refractivity contribution is -0.116. The van der Waals surface area contributed by atoms with Gasteiger partial charge in [-0.15, -0.1) is 0 Å². The van der Waals surface area contributed by atoms with Crippen LogP contribution in [0, 0.1) is 13.8 Å². The van der Waals surface area contributed by atoms with E-state index in [-0.39, 0.29) is 24.0 Å². The Labute approximate surface area is 158 Å². The lowest BCUT2D eigenvalue weighted by atomic mass is 10.2. The number of hydrogen-bond donors (Lipinski definition) is 1. The van der Waals surface area contributed by atoms with Crippen LogP contribution in [0.15, 0.2) is 33.9 Å². The highest BCUT2D eigenvalue weighted by Gasteiger charge is 2.15. The predicted octanol–water partition coefficient (Wildman–Crippen LogP) is 2.79. The van der Waals surface area contributed by atoms with Crippen LogP contribution in [-0.4, -0.2) is 25.0 Å². The van der Waals surface area contributed by atoms with E-state index in [1.54, 1.807) is 25.4 Å². The number of rotatable bonds is 3. The molecule has 138 valence electrons. The molecule has 0 radical (unpaired) electrons. The van der Waals surface area contributed by atoms with Crippen molar-refractivity contribution in [2.24, 2.45) is 7.05 Å². The molecule has 0 aliphatic carbocycles. The standard InChI is InChI=1S/C18H16ClN5O3/c1-9-4-13-12(5-11(9)19)21-18(27-13)22-14(25)7-24-8-20-15-10(2)6-23(3)17(26)16(15)24/h4-6,8H,7H2,1-3H3,(H,21,22,25). The molecule has 4 rings (SSSR count). The molecule has 4 aromatic rings. The first-order valence-corrected chi connectivity index (χ1v) is 8.59. The minimum Gasteiger partial charge on any atom is -0.423 e. The van der Waals surface area contributed by atoms with Gasteiger partial charge in [0.25, 0.3) is 5.56 Å². The highest BCUT2D eigenvalue weighted by atomic mass is 35.5. The Kier molecular flexibility index (Phi) is 4.00. The lowest BCUT2D eigenvalue weighted by Gasteiger charge is -2.05. The maximum atomic E-state index is 12.4. The number of carbonyl (C=O) groups excluding carboxylic acids is 1. The highest BCUT2D eigenvalue weighted by Crippen LogP contribution is 2.25. The Morgan fingerprint density at radius 3 is 2.85 bits per heavy atom. The maximum absolute atomic E-state index is 12.4. The average molecular weight is 386 g/mol. The summed E-state index contributed by atoms with van der Waals surface area (Å²) in [6.45, 7) is 3.63. The summed E-state index contributed by atoms with van der Waals surface area (Å²) < 4.78 is 8.54. The van der Waals surface area contributed by atoms with Crippen molar-refractivity contribution in [1.82, 2.24) is 19.1 Å². The van der Waals surface area contributed by atoms with Crippen LogP contribution in [0.1, 0.15) is 11.1 Å². The molecular weight excluding hydrogens is 370 g/mol. The molecule has 0 bridgehead atoms. The van der Waals surface area contributed by atoms with Crippen LogP contribution in [-0.2, 0) is 18.4 Å². The summed E-state index contributed by atoms with van der Waals surface area (Å²) in [5.41, 5.74) is 3.55. The van der Waals surface area contributed by atoms with Crippen LogP contribution in [0.5, 0.6) is 0 Å². The van der Waals surface area contributed by atoms with E-state index in [9.17, 15) is 9.59 Å². The smallest absolute Gasteiger partial charge is 0.302 e. The van der Waals surface area contributed by atoms with Crippen LogP contribution < -0.4 is 10.9 Å². The molecule has 1 aromatic carbocycles. The zero-order chi connectivity index (χ0) is 19.3. The first-order valence-electron chi connectivity index (χ1n) is 8.21. The van der Waals surface area contributed by atoms with Gasteiger partial charge in [0.1, 0.15) is 17.6 Å². The van der Waals surface area contributed by atoms with Gasteiger partial charge in [0.2, 0.25) is 5.91 Å². The summed E-state index contributed by atoms with van der Waals surface area (Å²) >= 11 is 6.08. The molecule has 0 unspecified atom stereocenters. The Hall–Kier alpha value is -3.13. The molecule has 0 atom stereocenters. The highest BCUT2D eigenvalue weighted by molar-refractivity contribution is 6.32. The third kappa shape index (κ3) is 2.97. The lowest BCUT2D eigenvalue weighted by Crippen LogP contribution is -2.23. The second kappa shape index (κ2) is 6.24. The van der Waals surface area contributed by atoms with Gasteiger partial charge in [0.15, 0.2) is 5.58 Å². The molecule has 9 heteroatoms. The third-order valence-corrected chi connectivity index (χ3v) is 4.76. The number of carbonyl (C=O) groups is 1. The molecule has 8 nitrogen and oxygen atoms in total. The number of anilines is 1. The number of aromatic nitrogens is 4. The van der Waals surface area contributed by atoms with Gasteiger partial charge in [-0.25, -0.2) is 4.98 Å². The fourth-order valence-electron chi connectivity index (χ4n) is 3.01. The quantitative estimate of drug-likeness (QED) is 0.585. The number of nitrogens with zero attached hydrogens (tertiary/aromatic N) is 4. The monoisotopic (exact) mass is 385 g/mol. The zero-order valence-corrected chi connectivity index (χ0v) is 15.7. The van der Waals surface area contributed by atoms with Crippen molar-refractivity contribution in [2.75, 3.05) is 5.32 Å². The van der Waals surface area contributed by atoms with Gasteiger partial charge in [-0.3, -0.25) is 14.9 Å². The summed E-state index contributed by atoms with van der Waals surface area (Å²) in [7, 11) is 1.66. The topological polar surface area (TPSA) is 95.0 Å². The van der Waals surface area contributed by atoms with Gasteiger partial charge in [-0.05, 0) is 37.1 Å². The summed E-state index contributed by atoms with van der Waals surface area (Å²) in [6, 6.07) is 3.52. The van der Waals surface area contributed by atoms with Gasteiger partial charge in [0, 0.05) is 18.3 Å². The first-order chi connectivity index (χ1) is 12.8. The van der Waals surface area contributed by atoms with Crippen LogP contribution in [0.25, 0.3) is 22.1 Å². The van der Waals surface area contributed by atoms with Gasteiger partial charge in [0.05, 0.1) is 11.8 Å². The third-order valence-electron chi connectivity index (χ3n) is 4.35. The molecule has 0 spiro atoms. The number of oxazole rings is 1. The van der Waals surface area contributed by atoms with E-state index >= 15 is 0 Å². The second-order valence-corrected chi connectivity index (χ2v) is 6.84. The molecule has 0 fully saturated rings. The Morgan fingerprint density at radius 2 is 2.07 bits per heavy atom. The van der Waals surface area contributed by atoms with Crippen molar-refractivity contribution < 1.29 is 9.21 Å². The summed E-state index contributed by atoms with van der Waals surface area (Å²) in [5, 5.41) is 3.18. The van der Waals surface area contributed by atoms with Crippen LogP contribution in [0.4, 0.5) is 6.01 Å². The molecule has 0 saturated heterocycles. The Morgan fingerprint density at radius 1 is 1.30 bits per heavy atom. The van der Waals surface area contributed by atoms with Crippen molar-refractivity contribution in [3.05, 3.63) is 51.2 Å². The summed E-state index contributed by atoms with van der Waals surface area (Å²) in [6.07, 6.45) is 3.20.